The first-order valence-electron chi connectivity index (χ1n) is 5.90. The molecule has 0 saturated carbocycles. The van der Waals surface area contributed by atoms with Crippen molar-refractivity contribution in [1.29, 1.82) is 0 Å². The normalized spacial score (nSPS) is 10.3. The Morgan fingerprint density at radius 3 is 2.50 bits per heavy atom. The molecule has 0 amide bonds. The Labute approximate surface area is 125 Å². The summed E-state index contributed by atoms with van der Waals surface area (Å²) in [5, 5.41) is 8.97. The van der Waals surface area contributed by atoms with E-state index in [9.17, 15) is 4.79 Å². The van der Waals surface area contributed by atoms with Gasteiger partial charge in [0.1, 0.15) is 6.61 Å². The molecule has 0 aliphatic carbocycles. The van der Waals surface area contributed by atoms with Gasteiger partial charge >= 0.3 is 5.97 Å². The molecule has 0 aliphatic heterocycles. The van der Waals surface area contributed by atoms with Crippen LogP contribution in [0.4, 0.5) is 0 Å². The Balaban J connectivity index is 2.62. The maximum absolute atomic E-state index is 10.9. The number of carbonyl (C=O) groups is 1. The molecule has 20 heavy (non-hydrogen) atoms. The lowest BCUT2D eigenvalue weighted by Crippen LogP contribution is -2.11. The molecule has 0 unspecified atom stereocenters. The maximum atomic E-state index is 10.9. The van der Waals surface area contributed by atoms with Crippen molar-refractivity contribution in [2.45, 2.75) is 0 Å². The van der Waals surface area contributed by atoms with Gasteiger partial charge in [-0.05, 0) is 28.1 Å². The van der Waals surface area contributed by atoms with Gasteiger partial charge in [-0.25, -0.2) is 4.79 Å². The van der Waals surface area contributed by atoms with Gasteiger partial charge in [0.15, 0.2) is 11.5 Å². The predicted octanol–water partition coefficient (Wildman–Crippen LogP) is 2.20. The quantitative estimate of drug-likeness (QED) is 0.689. The summed E-state index contributed by atoms with van der Waals surface area (Å²) in [5.74, 6) is -0.222. The summed E-state index contributed by atoms with van der Waals surface area (Å²) in [6, 6.07) is 2.88. The van der Waals surface area contributed by atoms with E-state index in [1.807, 2.05) is 0 Å². The number of ether oxygens (including phenoxy) is 4. The molecule has 1 aromatic rings. The van der Waals surface area contributed by atoms with Crippen LogP contribution in [-0.4, -0.2) is 51.7 Å². The van der Waals surface area contributed by atoms with E-state index in [4.69, 9.17) is 24.1 Å². The van der Waals surface area contributed by atoms with Gasteiger partial charge in [-0.3, -0.25) is 0 Å². The largest absolute Gasteiger partial charge is 0.493 e. The molecule has 7 heteroatoms. The van der Waals surface area contributed by atoms with Gasteiger partial charge in [0, 0.05) is 7.11 Å². The zero-order chi connectivity index (χ0) is 15.0. The van der Waals surface area contributed by atoms with E-state index in [1.165, 1.54) is 19.2 Å². The Morgan fingerprint density at radius 1 is 1.20 bits per heavy atom. The number of rotatable bonds is 9. The second-order valence-electron chi connectivity index (χ2n) is 3.75. The second kappa shape index (κ2) is 8.78. The van der Waals surface area contributed by atoms with Crippen LogP contribution in [0, 0.1) is 0 Å². The lowest BCUT2D eigenvalue weighted by atomic mass is 10.2. The fourth-order valence-electron chi connectivity index (χ4n) is 1.43. The van der Waals surface area contributed by atoms with E-state index >= 15 is 0 Å². The number of benzene rings is 1. The fourth-order valence-corrected chi connectivity index (χ4v) is 1.99. The van der Waals surface area contributed by atoms with Crippen molar-refractivity contribution in [2.75, 3.05) is 40.6 Å². The average molecular weight is 349 g/mol. The first-order valence-corrected chi connectivity index (χ1v) is 6.69. The monoisotopic (exact) mass is 348 g/mol. The molecular weight excluding hydrogens is 332 g/mol. The van der Waals surface area contributed by atoms with Crippen molar-refractivity contribution in [2.24, 2.45) is 0 Å². The summed E-state index contributed by atoms with van der Waals surface area (Å²) in [7, 11) is 3.06. The maximum Gasteiger partial charge on any atom is 0.335 e. The fraction of sp³-hybridized carbons (Fsp3) is 0.462. The molecule has 1 N–H and O–H groups in total. The number of halogens is 1. The van der Waals surface area contributed by atoms with Gasteiger partial charge < -0.3 is 24.1 Å². The molecule has 1 rings (SSSR count). The molecule has 0 saturated heterocycles. The van der Waals surface area contributed by atoms with Gasteiger partial charge in [-0.2, -0.15) is 0 Å². The van der Waals surface area contributed by atoms with E-state index in [2.05, 4.69) is 15.9 Å². The van der Waals surface area contributed by atoms with E-state index in [0.29, 0.717) is 42.4 Å². The summed E-state index contributed by atoms with van der Waals surface area (Å²) in [5.41, 5.74) is 0.123. The molecule has 0 fully saturated rings. The third-order valence-electron chi connectivity index (χ3n) is 2.38. The molecule has 0 aliphatic rings. The van der Waals surface area contributed by atoms with Gasteiger partial charge in [0.05, 0.1) is 37.0 Å². The van der Waals surface area contributed by atoms with Crippen LogP contribution in [0.2, 0.25) is 0 Å². The van der Waals surface area contributed by atoms with Crippen molar-refractivity contribution < 1.29 is 28.8 Å². The predicted molar refractivity (Wildman–Crippen MR) is 75.8 cm³/mol. The highest BCUT2D eigenvalue weighted by atomic mass is 79.9. The number of methoxy groups -OCH3 is 2. The summed E-state index contributed by atoms with van der Waals surface area (Å²) >= 11 is 3.27. The van der Waals surface area contributed by atoms with Gasteiger partial charge in [-0.15, -0.1) is 0 Å². The molecule has 6 nitrogen and oxygen atoms in total. The summed E-state index contributed by atoms with van der Waals surface area (Å²) in [6.07, 6.45) is 0. The molecule has 0 atom stereocenters. The topological polar surface area (TPSA) is 74.2 Å². The number of hydrogen-bond donors (Lipinski definition) is 1. The smallest absolute Gasteiger partial charge is 0.335 e. The standard InChI is InChI=1S/C13H17BrO6/c1-17-3-4-19-5-6-20-12-10(14)7-9(13(15)16)8-11(12)18-2/h7-8H,3-6H2,1-2H3,(H,15,16). The van der Waals surface area contributed by atoms with E-state index in [0.717, 1.165) is 0 Å². The van der Waals surface area contributed by atoms with Gasteiger partial charge in [0.25, 0.3) is 0 Å². The Hall–Kier alpha value is -1.31. The van der Waals surface area contributed by atoms with Crippen molar-refractivity contribution in [3.8, 4) is 11.5 Å². The lowest BCUT2D eigenvalue weighted by molar-refractivity contribution is 0.0538. The zero-order valence-corrected chi connectivity index (χ0v) is 12.9. The van der Waals surface area contributed by atoms with Crippen LogP contribution in [0.1, 0.15) is 10.4 Å². The van der Waals surface area contributed by atoms with Crippen LogP contribution < -0.4 is 9.47 Å². The minimum atomic E-state index is -1.03. The molecule has 0 heterocycles. The summed E-state index contributed by atoms with van der Waals surface area (Å²) in [4.78, 5) is 10.9. The Bertz CT molecular complexity index is 449. The van der Waals surface area contributed by atoms with Crippen molar-refractivity contribution in [3.05, 3.63) is 22.2 Å². The minimum Gasteiger partial charge on any atom is -0.493 e. The second-order valence-corrected chi connectivity index (χ2v) is 4.60. The van der Waals surface area contributed by atoms with Crippen LogP contribution in [0.25, 0.3) is 0 Å². The van der Waals surface area contributed by atoms with Crippen molar-refractivity contribution in [3.63, 3.8) is 0 Å². The molecule has 0 aromatic heterocycles. The molecule has 112 valence electrons. The molecule has 0 bridgehead atoms. The molecular formula is C13H17BrO6. The van der Waals surface area contributed by atoms with E-state index in [-0.39, 0.29) is 5.56 Å². The van der Waals surface area contributed by atoms with Crippen molar-refractivity contribution >= 4 is 21.9 Å². The Kier molecular flexibility index (Phi) is 7.35. The minimum absolute atomic E-state index is 0.123. The molecule has 0 spiro atoms. The highest BCUT2D eigenvalue weighted by Crippen LogP contribution is 2.36. The third kappa shape index (κ3) is 4.99. The first-order chi connectivity index (χ1) is 9.60. The SMILES string of the molecule is COCCOCCOc1c(Br)cc(C(=O)O)cc1OC. The van der Waals surface area contributed by atoms with Crippen LogP contribution in [0.3, 0.4) is 0 Å². The lowest BCUT2D eigenvalue weighted by Gasteiger charge is -2.13. The van der Waals surface area contributed by atoms with Crippen LogP contribution >= 0.6 is 15.9 Å². The number of hydrogen-bond acceptors (Lipinski definition) is 5. The zero-order valence-electron chi connectivity index (χ0n) is 11.3. The van der Waals surface area contributed by atoms with Crippen LogP contribution in [0.15, 0.2) is 16.6 Å². The highest BCUT2D eigenvalue weighted by molar-refractivity contribution is 9.10. The number of aromatic carboxylic acids is 1. The average Bonchev–Trinajstić information content (AvgIpc) is 2.43. The van der Waals surface area contributed by atoms with Crippen LogP contribution in [-0.2, 0) is 9.47 Å². The van der Waals surface area contributed by atoms with E-state index in [1.54, 1.807) is 7.11 Å². The molecule has 1 aromatic carbocycles. The number of carboxylic acid groups (broad SMARTS) is 1. The highest BCUT2D eigenvalue weighted by Gasteiger charge is 2.14. The van der Waals surface area contributed by atoms with Gasteiger partial charge in [-0.1, -0.05) is 0 Å². The number of carboxylic acids is 1. The molecule has 0 radical (unpaired) electrons. The van der Waals surface area contributed by atoms with Crippen molar-refractivity contribution in [1.82, 2.24) is 0 Å². The third-order valence-corrected chi connectivity index (χ3v) is 2.97. The van der Waals surface area contributed by atoms with Crippen LogP contribution in [0.5, 0.6) is 11.5 Å². The van der Waals surface area contributed by atoms with Gasteiger partial charge in [0.2, 0.25) is 0 Å². The Morgan fingerprint density at radius 2 is 1.90 bits per heavy atom. The first kappa shape index (κ1) is 16.7. The summed E-state index contributed by atoms with van der Waals surface area (Å²) in [6.45, 7) is 1.75. The summed E-state index contributed by atoms with van der Waals surface area (Å²) < 4.78 is 21.3. The van der Waals surface area contributed by atoms with E-state index < -0.39 is 5.97 Å².